The van der Waals surface area contributed by atoms with Crippen LogP contribution < -0.4 is 5.32 Å². The molecular formula is C27H31FN4O4. The van der Waals surface area contributed by atoms with Crippen molar-refractivity contribution >= 4 is 18.7 Å². The van der Waals surface area contributed by atoms with Crippen LogP contribution in [0.15, 0.2) is 39.7 Å². The van der Waals surface area contributed by atoms with Gasteiger partial charge in [-0.1, -0.05) is 12.1 Å². The number of ether oxygens (including phenoxy) is 1. The number of hydrogen-bond donors (Lipinski definition) is 1. The summed E-state index contributed by atoms with van der Waals surface area (Å²) in [5.41, 5.74) is 0.166. The highest BCUT2D eigenvalue weighted by Gasteiger charge is 2.52. The molecule has 0 radical (unpaired) electrons. The van der Waals surface area contributed by atoms with Crippen LogP contribution in [0, 0.1) is 23.1 Å². The zero-order valence-electron chi connectivity index (χ0n) is 20.8. The first kappa shape index (κ1) is 25.4. The van der Waals surface area contributed by atoms with Gasteiger partial charge in [-0.25, -0.2) is 9.18 Å². The number of likely N-dealkylation sites (tertiary alicyclic amines) is 1. The maximum absolute atomic E-state index is 14.9. The van der Waals surface area contributed by atoms with Crippen LogP contribution in [-0.4, -0.2) is 47.3 Å². The van der Waals surface area contributed by atoms with E-state index in [-0.39, 0.29) is 18.4 Å². The second-order valence-electron chi connectivity index (χ2n) is 10.4. The van der Waals surface area contributed by atoms with Crippen molar-refractivity contribution in [2.24, 2.45) is 10.9 Å². The molecule has 1 saturated heterocycles. The molecule has 1 aromatic carbocycles. The number of fused-ring (bicyclic) bond motifs is 2. The second-order valence-corrected chi connectivity index (χ2v) is 10.4. The Kier molecular flexibility index (Phi) is 7.16. The molecule has 1 N–H and O–H groups in total. The van der Waals surface area contributed by atoms with Gasteiger partial charge in [-0.3, -0.25) is 14.7 Å². The largest absolute Gasteiger partial charge is 0.459 e. The summed E-state index contributed by atoms with van der Waals surface area (Å²) in [7, 11) is 0. The Labute approximate surface area is 210 Å². The van der Waals surface area contributed by atoms with E-state index >= 15 is 0 Å². The van der Waals surface area contributed by atoms with Gasteiger partial charge in [0.1, 0.15) is 35.0 Å². The number of hydrogen-bond acceptors (Lipinski definition) is 6. The lowest BCUT2D eigenvalue weighted by atomic mass is 9.97. The lowest BCUT2D eigenvalue weighted by molar-refractivity contribution is -0.128. The fourth-order valence-corrected chi connectivity index (χ4v) is 5.10. The van der Waals surface area contributed by atoms with E-state index in [4.69, 9.17) is 9.15 Å². The van der Waals surface area contributed by atoms with Crippen molar-refractivity contribution in [3.63, 3.8) is 0 Å². The highest BCUT2D eigenvalue weighted by atomic mass is 19.1. The van der Waals surface area contributed by atoms with Gasteiger partial charge in [-0.05, 0) is 76.4 Å². The molecule has 36 heavy (non-hydrogen) atoms. The fourth-order valence-electron chi connectivity index (χ4n) is 5.10. The zero-order valence-corrected chi connectivity index (χ0v) is 20.8. The molecule has 2 aliphatic rings. The van der Waals surface area contributed by atoms with Crippen LogP contribution in [-0.2, 0) is 22.5 Å². The van der Waals surface area contributed by atoms with Crippen LogP contribution in [0.2, 0.25) is 0 Å². The van der Waals surface area contributed by atoms with Gasteiger partial charge in [0.25, 0.3) is 0 Å². The van der Waals surface area contributed by atoms with Gasteiger partial charge in [-0.15, -0.1) is 0 Å². The normalized spacial score (nSPS) is 21.6. The van der Waals surface area contributed by atoms with E-state index in [0.29, 0.717) is 29.2 Å². The van der Waals surface area contributed by atoms with Gasteiger partial charge < -0.3 is 14.5 Å². The minimum absolute atomic E-state index is 0.00854. The molecule has 1 aromatic heterocycles. The zero-order chi connectivity index (χ0) is 26.0. The molecule has 9 heteroatoms. The average Bonchev–Trinajstić information content (AvgIpc) is 3.55. The van der Waals surface area contributed by atoms with E-state index in [1.54, 1.807) is 45.0 Å². The van der Waals surface area contributed by atoms with Crippen molar-refractivity contribution in [3.8, 4) is 17.4 Å². The summed E-state index contributed by atoms with van der Waals surface area (Å²) >= 11 is 0. The molecule has 0 unspecified atom stereocenters. The topological polar surface area (TPSA) is 108 Å². The molecule has 4 atom stereocenters. The number of halogens is 1. The third-order valence-electron chi connectivity index (χ3n) is 6.62. The lowest BCUT2D eigenvalue weighted by Gasteiger charge is -2.35. The maximum Gasteiger partial charge on any atom is 0.411 e. The van der Waals surface area contributed by atoms with E-state index in [2.05, 4.69) is 23.1 Å². The van der Waals surface area contributed by atoms with Crippen LogP contribution in [0.25, 0.3) is 11.3 Å². The Morgan fingerprint density at radius 1 is 1.33 bits per heavy atom. The van der Waals surface area contributed by atoms with Gasteiger partial charge >= 0.3 is 6.09 Å². The summed E-state index contributed by atoms with van der Waals surface area (Å²) in [5, 5.41) is 12.4. The predicted molar refractivity (Wildman–Crippen MR) is 132 cm³/mol. The number of piperidine rings is 1. The molecule has 2 aromatic rings. The number of rotatable bonds is 7. The number of benzene rings is 1. The molecule has 2 fully saturated rings. The third-order valence-corrected chi connectivity index (χ3v) is 6.62. The Morgan fingerprint density at radius 2 is 2.11 bits per heavy atom. The summed E-state index contributed by atoms with van der Waals surface area (Å²) in [6.45, 7) is 9.10. The SMILES string of the molecule is C=NCc1ccc(-c2ccc(C[C@@H](C#N)NC(=O)[C@@H]3[C@H]4CC[C@H](C4)N3C(=O)OC(C)(C)C)c(F)c2)o1. The average molecular weight is 495 g/mol. The Hall–Kier alpha value is -3.67. The fraction of sp³-hybridized carbons (Fsp3) is 0.481. The van der Waals surface area contributed by atoms with E-state index < -0.39 is 35.5 Å². The van der Waals surface area contributed by atoms with E-state index in [0.717, 1.165) is 19.3 Å². The van der Waals surface area contributed by atoms with Crippen molar-refractivity contribution in [3.05, 3.63) is 47.5 Å². The van der Waals surface area contributed by atoms with Gasteiger partial charge in [-0.2, -0.15) is 5.26 Å². The van der Waals surface area contributed by atoms with E-state index in [1.807, 2.05) is 0 Å². The Bertz CT molecular complexity index is 1200. The smallest absolute Gasteiger partial charge is 0.411 e. The number of nitriles is 1. The minimum Gasteiger partial charge on any atom is -0.459 e. The lowest BCUT2D eigenvalue weighted by Crippen LogP contribution is -2.55. The molecule has 2 heterocycles. The molecular weight excluding hydrogens is 463 g/mol. The Morgan fingerprint density at radius 3 is 2.78 bits per heavy atom. The summed E-state index contributed by atoms with van der Waals surface area (Å²) in [5.74, 6) is 0.237. The van der Waals surface area contributed by atoms with Gasteiger partial charge in [0.05, 0.1) is 12.6 Å². The first-order valence-electron chi connectivity index (χ1n) is 12.1. The number of furan rings is 1. The summed E-state index contributed by atoms with van der Waals surface area (Å²) in [6, 6.07) is 8.49. The molecule has 2 bridgehead atoms. The van der Waals surface area contributed by atoms with E-state index in [1.165, 1.54) is 11.0 Å². The monoisotopic (exact) mass is 494 g/mol. The van der Waals surface area contributed by atoms with Gasteiger partial charge in [0.15, 0.2) is 0 Å². The van der Waals surface area contributed by atoms with Crippen molar-refractivity contribution in [1.82, 2.24) is 10.2 Å². The quantitative estimate of drug-likeness (QED) is 0.565. The van der Waals surface area contributed by atoms with Gasteiger partial charge in [0.2, 0.25) is 5.91 Å². The van der Waals surface area contributed by atoms with Crippen molar-refractivity contribution in [2.45, 2.75) is 76.7 Å². The number of nitrogens with one attached hydrogen (secondary N) is 1. The van der Waals surface area contributed by atoms with Crippen LogP contribution in [0.1, 0.15) is 51.4 Å². The molecule has 4 rings (SSSR count). The number of carbonyl (C=O) groups is 2. The molecule has 2 amide bonds. The molecule has 1 aliphatic carbocycles. The first-order chi connectivity index (χ1) is 17.1. The van der Waals surface area contributed by atoms with Crippen LogP contribution in [0.5, 0.6) is 0 Å². The number of aliphatic imine (C=N–C) groups is 1. The summed E-state index contributed by atoms with van der Waals surface area (Å²) in [6.07, 6.45) is 1.88. The first-order valence-corrected chi connectivity index (χ1v) is 12.1. The molecule has 190 valence electrons. The van der Waals surface area contributed by atoms with Gasteiger partial charge in [0, 0.05) is 18.0 Å². The third kappa shape index (κ3) is 5.43. The van der Waals surface area contributed by atoms with Crippen molar-refractivity contribution in [2.75, 3.05) is 0 Å². The van der Waals surface area contributed by atoms with Crippen LogP contribution >= 0.6 is 0 Å². The van der Waals surface area contributed by atoms with E-state index in [9.17, 15) is 19.2 Å². The maximum atomic E-state index is 14.9. The highest BCUT2D eigenvalue weighted by molar-refractivity contribution is 5.87. The predicted octanol–water partition coefficient (Wildman–Crippen LogP) is 4.63. The molecule has 1 aliphatic heterocycles. The number of nitrogens with zero attached hydrogens (tertiary/aromatic N) is 3. The van der Waals surface area contributed by atoms with Crippen molar-refractivity contribution < 1.29 is 23.1 Å². The molecule has 8 nitrogen and oxygen atoms in total. The van der Waals surface area contributed by atoms with Crippen molar-refractivity contribution in [1.29, 1.82) is 5.26 Å². The van der Waals surface area contributed by atoms with Crippen LogP contribution in [0.3, 0.4) is 0 Å². The standard InChI is InChI=1S/C27H31FN4O4/c1-27(2,3)36-26(34)32-20-8-7-18(12-20)24(32)25(33)31-19(14-29)11-16-5-6-17(13-22(16)28)23-10-9-21(35-23)15-30-4/h5-6,9-10,13,18-20,24H,4,7-8,11-12,15H2,1-3H3,(H,31,33)/t18-,19-,20+,24-/m0/s1. The molecule has 0 spiro atoms. The Balaban J connectivity index is 1.44. The molecule has 1 saturated carbocycles. The highest BCUT2D eigenvalue weighted by Crippen LogP contribution is 2.43. The summed E-state index contributed by atoms with van der Waals surface area (Å²) in [4.78, 5) is 31.4. The minimum atomic E-state index is -0.952. The van der Waals surface area contributed by atoms with Crippen LogP contribution in [0.4, 0.5) is 9.18 Å². The number of amides is 2. The summed E-state index contributed by atoms with van der Waals surface area (Å²) < 4.78 is 26.1. The second kappa shape index (κ2) is 10.1. The number of carbonyl (C=O) groups excluding carboxylic acids is 2.